The molecule has 238 valence electrons. The Morgan fingerprint density at radius 2 is 2.00 bits per heavy atom. The Morgan fingerprint density at radius 1 is 1.15 bits per heavy atom. The van der Waals surface area contributed by atoms with Crippen molar-refractivity contribution in [1.29, 1.82) is 0 Å². The minimum Gasteiger partial charge on any atom is -0.494 e. The number of hydrogen-bond acceptors (Lipinski definition) is 10. The molecule has 1 aromatic carbocycles. The predicted octanol–water partition coefficient (Wildman–Crippen LogP) is 2.47. The number of nitrogens with zero attached hydrogens (tertiary/aromatic N) is 8. The number of fused-ring (bicyclic) bond motifs is 3. The van der Waals surface area contributed by atoms with Gasteiger partial charge in [0, 0.05) is 70.4 Å². The average molecular weight is 625 g/mol. The highest BCUT2D eigenvalue weighted by Crippen LogP contribution is 2.38. The molecule has 2 amide bonds. The van der Waals surface area contributed by atoms with Crippen molar-refractivity contribution in [3.8, 4) is 28.4 Å². The summed E-state index contributed by atoms with van der Waals surface area (Å²) in [5, 5.41) is 16.2. The van der Waals surface area contributed by atoms with Crippen LogP contribution in [-0.2, 0) is 4.79 Å². The highest BCUT2D eigenvalue weighted by atomic mass is 16.5. The Bertz CT molecular complexity index is 1930. The van der Waals surface area contributed by atoms with E-state index in [-0.39, 0.29) is 23.4 Å². The molecule has 2 aliphatic heterocycles. The van der Waals surface area contributed by atoms with Gasteiger partial charge in [-0.15, -0.1) is 0 Å². The Balaban J connectivity index is 1.20. The summed E-state index contributed by atoms with van der Waals surface area (Å²) in [6.45, 7) is 3.99. The van der Waals surface area contributed by atoms with Gasteiger partial charge in [-0.1, -0.05) is 0 Å². The molecule has 4 aromatic heterocycles. The van der Waals surface area contributed by atoms with Crippen LogP contribution in [0.1, 0.15) is 23.3 Å². The van der Waals surface area contributed by atoms with Crippen molar-refractivity contribution in [2.75, 3.05) is 65.9 Å². The molecule has 0 spiro atoms. The molecule has 5 aromatic rings. The minimum absolute atomic E-state index is 0.0619. The molecular weight excluding hydrogens is 588 g/mol. The lowest BCUT2D eigenvalue weighted by Crippen LogP contribution is -2.43. The van der Waals surface area contributed by atoms with Gasteiger partial charge in [-0.2, -0.15) is 10.2 Å². The summed E-state index contributed by atoms with van der Waals surface area (Å²) >= 11 is 0. The van der Waals surface area contributed by atoms with Crippen LogP contribution in [0.5, 0.6) is 11.5 Å². The maximum atomic E-state index is 13.7. The lowest BCUT2D eigenvalue weighted by atomic mass is 9.95. The van der Waals surface area contributed by atoms with Crippen molar-refractivity contribution in [2.24, 2.45) is 5.92 Å². The van der Waals surface area contributed by atoms with E-state index in [1.54, 1.807) is 53.9 Å². The first-order valence-corrected chi connectivity index (χ1v) is 15.4. The van der Waals surface area contributed by atoms with Crippen LogP contribution in [0.25, 0.3) is 33.5 Å². The SMILES string of the molecule is COc1cc2c(cc1-n1nc(C(=O)NCCN3CCC(C(=O)N(C)C)CC3)c3cnc(-c4cnn5cccnc45)cc31)OCCN2. The summed E-state index contributed by atoms with van der Waals surface area (Å²) in [4.78, 5) is 39.2. The minimum atomic E-state index is -0.302. The smallest absolute Gasteiger partial charge is 0.272 e. The highest BCUT2D eigenvalue weighted by Gasteiger charge is 2.27. The van der Waals surface area contributed by atoms with Gasteiger partial charge in [0.05, 0.1) is 41.2 Å². The molecule has 1 saturated heterocycles. The number of likely N-dealkylation sites (tertiary alicyclic amines) is 1. The molecule has 2 N–H and O–H groups in total. The van der Waals surface area contributed by atoms with Gasteiger partial charge < -0.3 is 29.9 Å². The number of ether oxygens (including phenoxy) is 2. The van der Waals surface area contributed by atoms with Crippen molar-refractivity contribution in [3.63, 3.8) is 0 Å². The normalized spacial score (nSPS) is 15.3. The number of hydrogen-bond donors (Lipinski definition) is 2. The van der Waals surface area contributed by atoms with Crippen molar-refractivity contribution in [3.05, 3.63) is 54.7 Å². The first kappa shape index (κ1) is 29.5. The van der Waals surface area contributed by atoms with Gasteiger partial charge >= 0.3 is 0 Å². The molecular formula is C32H36N10O4. The summed E-state index contributed by atoms with van der Waals surface area (Å²) in [5.74, 6) is 1.19. The molecule has 0 aliphatic carbocycles. The third-order valence-electron chi connectivity index (χ3n) is 8.61. The number of carbonyl (C=O) groups is 2. The van der Waals surface area contributed by atoms with Crippen molar-refractivity contribution in [1.82, 2.24) is 44.5 Å². The monoisotopic (exact) mass is 624 g/mol. The van der Waals surface area contributed by atoms with E-state index in [1.807, 2.05) is 30.5 Å². The number of nitrogens with one attached hydrogen (secondary N) is 2. The summed E-state index contributed by atoms with van der Waals surface area (Å²) < 4.78 is 15.1. The zero-order chi connectivity index (χ0) is 31.8. The fourth-order valence-electron chi connectivity index (χ4n) is 6.18. The van der Waals surface area contributed by atoms with Gasteiger partial charge in [0.2, 0.25) is 5.91 Å². The number of anilines is 1. The summed E-state index contributed by atoms with van der Waals surface area (Å²) in [6, 6.07) is 7.45. The van der Waals surface area contributed by atoms with Crippen LogP contribution in [0.3, 0.4) is 0 Å². The first-order valence-electron chi connectivity index (χ1n) is 15.4. The summed E-state index contributed by atoms with van der Waals surface area (Å²) in [7, 11) is 5.20. The summed E-state index contributed by atoms with van der Waals surface area (Å²) in [6.07, 6.45) is 8.57. The van der Waals surface area contributed by atoms with Crippen molar-refractivity contribution < 1.29 is 19.1 Å². The summed E-state index contributed by atoms with van der Waals surface area (Å²) in [5.41, 5.74) is 4.43. The van der Waals surface area contributed by atoms with E-state index in [0.29, 0.717) is 65.7 Å². The maximum absolute atomic E-state index is 13.7. The molecule has 2 aliphatic rings. The largest absolute Gasteiger partial charge is 0.494 e. The van der Waals surface area contributed by atoms with Gasteiger partial charge in [-0.25, -0.2) is 14.2 Å². The van der Waals surface area contributed by atoms with Crippen molar-refractivity contribution in [2.45, 2.75) is 12.8 Å². The van der Waals surface area contributed by atoms with Gasteiger partial charge in [-0.3, -0.25) is 14.6 Å². The number of benzene rings is 1. The first-order chi connectivity index (χ1) is 22.4. The van der Waals surface area contributed by atoms with Crippen LogP contribution in [0.15, 0.2) is 49.1 Å². The van der Waals surface area contributed by atoms with Gasteiger partial charge in [0.25, 0.3) is 5.91 Å². The Kier molecular flexibility index (Phi) is 7.86. The van der Waals surface area contributed by atoms with Gasteiger partial charge in [-0.05, 0) is 38.1 Å². The number of methoxy groups -OCH3 is 1. The van der Waals surface area contributed by atoms with Crippen LogP contribution in [0, 0.1) is 5.92 Å². The molecule has 1 fully saturated rings. The number of carbonyl (C=O) groups excluding carboxylic acids is 2. The molecule has 0 saturated carbocycles. The lowest BCUT2D eigenvalue weighted by Gasteiger charge is -2.32. The second-order valence-corrected chi connectivity index (χ2v) is 11.7. The molecule has 0 radical (unpaired) electrons. The second kappa shape index (κ2) is 12.3. The molecule has 46 heavy (non-hydrogen) atoms. The fourth-order valence-corrected chi connectivity index (χ4v) is 6.18. The van der Waals surface area contributed by atoms with Crippen LogP contribution in [0.2, 0.25) is 0 Å². The van der Waals surface area contributed by atoms with Crippen molar-refractivity contribution >= 4 is 34.1 Å². The van der Waals surface area contributed by atoms with E-state index in [2.05, 4.69) is 25.6 Å². The predicted molar refractivity (Wildman–Crippen MR) is 172 cm³/mol. The number of amides is 2. The number of aromatic nitrogens is 6. The number of pyridine rings is 1. The fraction of sp³-hybridized carbons (Fsp3) is 0.375. The molecule has 6 heterocycles. The van der Waals surface area contributed by atoms with Gasteiger partial charge in [0.1, 0.15) is 23.8 Å². The van der Waals surface area contributed by atoms with E-state index in [0.717, 1.165) is 37.2 Å². The maximum Gasteiger partial charge on any atom is 0.272 e. The molecule has 0 atom stereocenters. The molecule has 7 rings (SSSR count). The topological polar surface area (TPSA) is 144 Å². The van der Waals surface area contributed by atoms with E-state index in [4.69, 9.17) is 19.6 Å². The van der Waals surface area contributed by atoms with E-state index in [9.17, 15) is 9.59 Å². The quantitative estimate of drug-likeness (QED) is 0.264. The second-order valence-electron chi connectivity index (χ2n) is 11.7. The van der Waals surface area contributed by atoms with Crippen LogP contribution < -0.4 is 20.1 Å². The third-order valence-corrected chi connectivity index (χ3v) is 8.61. The Morgan fingerprint density at radius 3 is 2.80 bits per heavy atom. The zero-order valence-corrected chi connectivity index (χ0v) is 26.1. The lowest BCUT2D eigenvalue weighted by molar-refractivity contribution is -0.134. The van der Waals surface area contributed by atoms with Gasteiger partial charge in [0.15, 0.2) is 11.3 Å². The third kappa shape index (κ3) is 5.44. The number of piperidine rings is 1. The van der Waals surface area contributed by atoms with E-state index >= 15 is 0 Å². The molecule has 0 bridgehead atoms. The van der Waals surface area contributed by atoms with Crippen LogP contribution in [-0.4, -0.2) is 112 Å². The molecule has 14 heteroatoms. The molecule has 0 unspecified atom stereocenters. The average Bonchev–Trinajstić information content (AvgIpc) is 3.69. The molecule has 14 nitrogen and oxygen atoms in total. The van der Waals surface area contributed by atoms with E-state index in [1.165, 1.54) is 0 Å². The standard InChI is InChI=1S/C32H36N10O4/c1-39(2)32(44)20-5-11-40(12-6-20)13-8-35-31(43)29-22-18-36-23(21-19-37-41-10-4-7-34-30(21)41)15-25(22)42(38-29)26-17-27-24(16-28(26)45-3)33-9-14-46-27/h4,7,10,15-20,33H,5-6,8-9,11-14H2,1-3H3,(H,35,43). The highest BCUT2D eigenvalue weighted by molar-refractivity contribution is 6.05. The van der Waals surface area contributed by atoms with Crippen LogP contribution in [0.4, 0.5) is 5.69 Å². The number of rotatable bonds is 8. The Hall–Kier alpha value is -5.24. The zero-order valence-electron chi connectivity index (χ0n) is 26.1. The van der Waals surface area contributed by atoms with E-state index < -0.39 is 0 Å². The van der Waals surface area contributed by atoms with Crippen LogP contribution >= 0.6 is 0 Å². The Labute approximate surface area is 265 Å².